The number of nitrogens with one attached hydrogen (secondary N) is 1. The van der Waals surface area contributed by atoms with Gasteiger partial charge in [-0.3, -0.25) is 14.4 Å². The van der Waals surface area contributed by atoms with Crippen molar-refractivity contribution in [3.8, 4) is 16.8 Å². The molecule has 7 heteroatoms. The van der Waals surface area contributed by atoms with E-state index in [1.807, 2.05) is 42.7 Å². The molecule has 4 aromatic rings. The SMILES string of the molecule is CC(C)OC(=O)C1CC1c1ccc(-c2cccc(-n3cc(C(=O)NC4CC4)c(=O)c4cccnc43)c2)cc1. The maximum Gasteiger partial charge on any atom is 0.309 e. The van der Waals surface area contributed by atoms with Gasteiger partial charge in [0.05, 0.1) is 17.4 Å². The van der Waals surface area contributed by atoms with Gasteiger partial charge < -0.3 is 14.6 Å². The van der Waals surface area contributed by atoms with E-state index in [4.69, 9.17) is 4.74 Å². The Kier molecular flexibility index (Phi) is 6.06. The minimum absolute atomic E-state index is 0.0564. The minimum Gasteiger partial charge on any atom is -0.463 e. The molecule has 1 amide bonds. The zero-order chi connectivity index (χ0) is 26.4. The average Bonchev–Trinajstić information content (AvgIpc) is 3.85. The van der Waals surface area contributed by atoms with E-state index in [1.54, 1.807) is 24.5 Å². The highest BCUT2D eigenvalue weighted by Gasteiger charge is 2.45. The van der Waals surface area contributed by atoms with Crippen LogP contribution in [0.25, 0.3) is 27.8 Å². The summed E-state index contributed by atoms with van der Waals surface area (Å²) in [6, 6.07) is 19.8. The van der Waals surface area contributed by atoms with Gasteiger partial charge in [0.2, 0.25) is 5.43 Å². The number of esters is 1. The van der Waals surface area contributed by atoms with Crippen LogP contribution in [0.4, 0.5) is 0 Å². The van der Waals surface area contributed by atoms with Crippen molar-refractivity contribution >= 4 is 22.9 Å². The van der Waals surface area contributed by atoms with Gasteiger partial charge in [0.25, 0.3) is 5.91 Å². The molecule has 2 saturated carbocycles. The Morgan fingerprint density at radius 3 is 2.55 bits per heavy atom. The van der Waals surface area contributed by atoms with Crippen molar-refractivity contribution in [2.45, 2.75) is 51.2 Å². The third-order valence-corrected chi connectivity index (χ3v) is 7.16. The molecule has 2 aliphatic carbocycles. The maximum absolute atomic E-state index is 13.1. The summed E-state index contributed by atoms with van der Waals surface area (Å²) in [6.45, 7) is 3.74. The van der Waals surface area contributed by atoms with Crippen molar-refractivity contribution in [1.82, 2.24) is 14.9 Å². The Morgan fingerprint density at radius 2 is 1.82 bits per heavy atom. The molecule has 1 N–H and O–H groups in total. The second-order valence-electron chi connectivity index (χ2n) is 10.5. The molecule has 0 spiro atoms. The standard InChI is InChI=1S/C31H29N3O4/c1-18(2)38-31(37)26-16-25(26)20-10-8-19(9-11-20)21-5-3-6-23(15-21)34-17-27(30(36)33-22-12-13-22)28(35)24-7-4-14-32-29(24)34/h3-11,14-15,17-18,22,25-26H,12-13,16H2,1-2H3,(H,33,36). The van der Waals surface area contributed by atoms with Gasteiger partial charge in [-0.1, -0.05) is 36.4 Å². The monoisotopic (exact) mass is 507 g/mol. The fourth-order valence-electron chi connectivity index (χ4n) is 4.91. The summed E-state index contributed by atoms with van der Waals surface area (Å²) in [5.41, 5.74) is 4.26. The number of hydrogen-bond acceptors (Lipinski definition) is 5. The van der Waals surface area contributed by atoms with Gasteiger partial charge in [-0.2, -0.15) is 0 Å². The second kappa shape index (κ2) is 9.56. The molecule has 0 radical (unpaired) electrons. The van der Waals surface area contributed by atoms with Gasteiger partial charge in [-0.05, 0) is 80.0 Å². The van der Waals surface area contributed by atoms with E-state index in [2.05, 4.69) is 34.6 Å². The van der Waals surface area contributed by atoms with E-state index in [1.165, 1.54) is 0 Å². The molecule has 2 fully saturated rings. The summed E-state index contributed by atoms with van der Waals surface area (Å²) in [6.07, 6.45) is 5.85. The van der Waals surface area contributed by atoms with Gasteiger partial charge in [0, 0.05) is 24.1 Å². The predicted octanol–water partition coefficient (Wildman–Crippen LogP) is 5.00. The lowest BCUT2D eigenvalue weighted by Crippen LogP contribution is -2.31. The van der Waals surface area contributed by atoms with Crippen LogP contribution in [-0.2, 0) is 9.53 Å². The van der Waals surface area contributed by atoms with E-state index >= 15 is 0 Å². The molecule has 2 aliphatic rings. The molecule has 2 heterocycles. The van der Waals surface area contributed by atoms with Crippen molar-refractivity contribution in [3.05, 3.63) is 94.4 Å². The van der Waals surface area contributed by atoms with Gasteiger partial charge >= 0.3 is 5.97 Å². The number of rotatable bonds is 7. The van der Waals surface area contributed by atoms with E-state index in [9.17, 15) is 14.4 Å². The van der Waals surface area contributed by atoms with Crippen molar-refractivity contribution in [2.24, 2.45) is 5.92 Å². The maximum atomic E-state index is 13.1. The van der Waals surface area contributed by atoms with Crippen LogP contribution >= 0.6 is 0 Å². The van der Waals surface area contributed by atoms with Crippen LogP contribution in [0, 0.1) is 5.92 Å². The average molecular weight is 508 g/mol. The van der Waals surface area contributed by atoms with E-state index < -0.39 is 0 Å². The number of aromatic nitrogens is 2. The number of fused-ring (bicyclic) bond motifs is 1. The molecule has 192 valence electrons. The van der Waals surface area contributed by atoms with Crippen LogP contribution in [0.2, 0.25) is 0 Å². The summed E-state index contributed by atoms with van der Waals surface area (Å²) in [4.78, 5) is 42.7. The summed E-state index contributed by atoms with van der Waals surface area (Å²) < 4.78 is 7.18. The van der Waals surface area contributed by atoms with Crippen molar-refractivity contribution in [1.29, 1.82) is 0 Å². The van der Waals surface area contributed by atoms with Gasteiger partial charge in [-0.15, -0.1) is 0 Å². The number of carbonyl (C=O) groups excluding carboxylic acids is 2. The Labute approximate surface area is 220 Å². The van der Waals surface area contributed by atoms with Gasteiger partial charge in [-0.25, -0.2) is 4.98 Å². The van der Waals surface area contributed by atoms with Crippen LogP contribution < -0.4 is 10.7 Å². The van der Waals surface area contributed by atoms with Gasteiger partial charge in [0.15, 0.2) is 0 Å². The van der Waals surface area contributed by atoms with Crippen LogP contribution in [-0.4, -0.2) is 33.6 Å². The van der Waals surface area contributed by atoms with Crippen molar-refractivity contribution < 1.29 is 14.3 Å². The number of hydrogen-bond donors (Lipinski definition) is 1. The molecule has 2 aromatic heterocycles. The number of ether oxygens (including phenoxy) is 1. The van der Waals surface area contributed by atoms with Crippen molar-refractivity contribution in [2.75, 3.05) is 0 Å². The van der Waals surface area contributed by atoms with Crippen LogP contribution in [0.1, 0.15) is 54.9 Å². The quantitative estimate of drug-likeness (QED) is 0.356. The third kappa shape index (κ3) is 4.72. The lowest BCUT2D eigenvalue weighted by atomic mass is 10.0. The zero-order valence-corrected chi connectivity index (χ0v) is 21.4. The van der Waals surface area contributed by atoms with Crippen molar-refractivity contribution in [3.63, 3.8) is 0 Å². The molecule has 0 bridgehead atoms. The summed E-state index contributed by atoms with van der Waals surface area (Å²) in [7, 11) is 0. The predicted molar refractivity (Wildman–Crippen MR) is 145 cm³/mol. The molecule has 2 aromatic carbocycles. The number of benzene rings is 2. The van der Waals surface area contributed by atoms with Crippen LogP contribution in [0.3, 0.4) is 0 Å². The topological polar surface area (TPSA) is 90.3 Å². The van der Waals surface area contributed by atoms with Crippen LogP contribution in [0.15, 0.2) is 77.9 Å². The van der Waals surface area contributed by atoms with E-state index in [0.717, 1.165) is 41.6 Å². The molecule has 6 rings (SSSR count). The lowest BCUT2D eigenvalue weighted by Gasteiger charge is -2.14. The second-order valence-corrected chi connectivity index (χ2v) is 10.5. The molecule has 2 unspecified atom stereocenters. The summed E-state index contributed by atoms with van der Waals surface area (Å²) >= 11 is 0. The normalized spacial score (nSPS) is 18.4. The lowest BCUT2D eigenvalue weighted by molar-refractivity contribution is -0.149. The highest BCUT2D eigenvalue weighted by atomic mass is 16.5. The first kappa shape index (κ1) is 24.1. The Morgan fingerprint density at radius 1 is 1.03 bits per heavy atom. The fraction of sp³-hybridized carbons (Fsp3) is 0.290. The number of nitrogens with zero attached hydrogens (tertiary/aromatic N) is 2. The highest BCUT2D eigenvalue weighted by Crippen LogP contribution is 2.48. The Balaban J connectivity index is 1.31. The van der Waals surface area contributed by atoms with Gasteiger partial charge in [0.1, 0.15) is 11.2 Å². The van der Waals surface area contributed by atoms with Crippen LogP contribution in [0.5, 0.6) is 0 Å². The molecular weight excluding hydrogens is 478 g/mol. The molecule has 0 aliphatic heterocycles. The fourth-order valence-corrected chi connectivity index (χ4v) is 4.91. The smallest absolute Gasteiger partial charge is 0.309 e. The Bertz CT molecular complexity index is 1600. The van der Waals surface area contributed by atoms with E-state index in [-0.39, 0.29) is 46.9 Å². The molecule has 7 nitrogen and oxygen atoms in total. The highest BCUT2D eigenvalue weighted by molar-refractivity contribution is 5.97. The van der Waals surface area contributed by atoms with E-state index in [0.29, 0.717) is 11.0 Å². The molecular formula is C31H29N3O4. The molecule has 0 saturated heterocycles. The summed E-state index contributed by atoms with van der Waals surface area (Å²) in [5.74, 6) is -0.312. The molecule has 38 heavy (non-hydrogen) atoms. The first-order valence-corrected chi connectivity index (χ1v) is 13.1. The number of pyridine rings is 2. The molecule has 2 atom stereocenters. The zero-order valence-electron chi connectivity index (χ0n) is 21.4. The first-order valence-electron chi connectivity index (χ1n) is 13.1. The number of carbonyl (C=O) groups is 2. The number of amides is 1. The third-order valence-electron chi connectivity index (χ3n) is 7.16. The Hall–Kier alpha value is -4.26. The largest absolute Gasteiger partial charge is 0.463 e. The minimum atomic E-state index is -0.348. The summed E-state index contributed by atoms with van der Waals surface area (Å²) in [5, 5.41) is 3.33. The first-order chi connectivity index (χ1) is 18.4.